The minimum atomic E-state index is -0.195. The fraction of sp³-hybridized carbons (Fsp3) is 0.355. The molecular weight excluding hydrogens is 515 g/mol. The van der Waals surface area contributed by atoms with Crippen LogP contribution in [0.4, 0.5) is 11.4 Å². The predicted octanol–water partition coefficient (Wildman–Crippen LogP) is 7.41. The van der Waals surface area contributed by atoms with Gasteiger partial charge in [-0.1, -0.05) is 59.6 Å². The van der Waals surface area contributed by atoms with Gasteiger partial charge in [0.15, 0.2) is 5.69 Å². The van der Waals surface area contributed by atoms with Gasteiger partial charge < -0.3 is 10.2 Å². The average Bonchev–Trinajstić information content (AvgIpc) is 2.90. The molecule has 1 saturated heterocycles. The molecule has 2 heterocycles. The zero-order chi connectivity index (χ0) is 26.9. The normalized spacial score (nSPS) is 17.3. The second-order valence-corrected chi connectivity index (χ2v) is 11.4. The smallest absolute Gasteiger partial charge is 0.238 e. The maximum absolute atomic E-state index is 13.2. The quantitative estimate of drug-likeness (QED) is 0.338. The molecule has 2 aliphatic heterocycles. The number of hydrogen-bond donors (Lipinski definition) is 1. The molecule has 0 bridgehead atoms. The molecule has 5 rings (SSSR count). The highest BCUT2D eigenvalue weighted by atomic mass is 35.5. The Kier molecular flexibility index (Phi) is 7.79. The maximum Gasteiger partial charge on any atom is 0.238 e. The van der Waals surface area contributed by atoms with Gasteiger partial charge in [0.1, 0.15) is 0 Å². The summed E-state index contributed by atoms with van der Waals surface area (Å²) >= 11 is 12.3. The molecule has 0 unspecified atom stereocenters. The Labute approximate surface area is 235 Å². The summed E-state index contributed by atoms with van der Waals surface area (Å²) in [5.41, 5.74) is 5.93. The largest absolute Gasteiger partial charge is 0.325 e. The van der Waals surface area contributed by atoms with Crippen LogP contribution in [0.1, 0.15) is 37.8 Å². The maximum atomic E-state index is 13.2. The van der Waals surface area contributed by atoms with Crippen molar-refractivity contribution in [3.8, 4) is 11.1 Å². The Bertz CT molecular complexity index is 1370. The molecule has 0 saturated carbocycles. The van der Waals surface area contributed by atoms with Crippen LogP contribution in [0.2, 0.25) is 10.0 Å². The van der Waals surface area contributed by atoms with Crippen molar-refractivity contribution in [2.24, 2.45) is 0 Å². The second kappa shape index (κ2) is 11.1. The Morgan fingerprint density at radius 1 is 1.00 bits per heavy atom. The van der Waals surface area contributed by atoms with E-state index in [-0.39, 0.29) is 11.4 Å². The fourth-order valence-electron chi connectivity index (χ4n) is 6.06. The number of anilines is 1. The van der Waals surface area contributed by atoms with Crippen molar-refractivity contribution in [2.75, 3.05) is 31.5 Å². The van der Waals surface area contributed by atoms with Crippen molar-refractivity contribution < 1.29 is 4.79 Å². The third-order valence-corrected chi connectivity index (χ3v) is 8.44. The van der Waals surface area contributed by atoms with Crippen LogP contribution in [0.3, 0.4) is 0 Å². The van der Waals surface area contributed by atoms with Gasteiger partial charge in [0.05, 0.1) is 13.1 Å². The summed E-state index contributed by atoms with van der Waals surface area (Å²) in [4.78, 5) is 21.7. The highest BCUT2D eigenvalue weighted by Crippen LogP contribution is 2.45. The van der Waals surface area contributed by atoms with E-state index in [1.54, 1.807) is 18.2 Å². The zero-order valence-electron chi connectivity index (χ0n) is 21.8. The second-order valence-electron chi connectivity index (χ2n) is 10.6. The molecule has 38 heavy (non-hydrogen) atoms. The lowest BCUT2D eigenvalue weighted by Crippen LogP contribution is -2.58. The standard InChI is InChI=1S/C31H32Cl2N4O/c1-21(2)36-13-10-31(11-14-36)29-8-7-23(22-5-4-6-27(16-22)34-3)15-24(29)9-12-37(31)20-30(38)35-28-18-25(32)17-26(33)19-28/h4-8,15-19,21H,9-14,20H2,1-2H3,(H,35,38). The lowest BCUT2D eigenvalue weighted by molar-refractivity contribution is -0.120. The Balaban J connectivity index is 1.45. The van der Waals surface area contributed by atoms with E-state index < -0.39 is 0 Å². The Morgan fingerprint density at radius 3 is 2.39 bits per heavy atom. The van der Waals surface area contributed by atoms with Crippen LogP contribution in [-0.2, 0) is 16.8 Å². The first-order valence-electron chi connectivity index (χ1n) is 13.1. The van der Waals surface area contributed by atoms with E-state index in [0.717, 1.165) is 50.0 Å². The number of carbonyl (C=O) groups excluding carboxylic acids is 1. The first-order valence-corrected chi connectivity index (χ1v) is 13.9. The minimum Gasteiger partial charge on any atom is -0.325 e. The van der Waals surface area contributed by atoms with Crippen molar-refractivity contribution >= 4 is 40.5 Å². The van der Waals surface area contributed by atoms with E-state index in [0.29, 0.717) is 34.0 Å². The summed E-state index contributed by atoms with van der Waals surface area (Å²) in [6.07, 6.45) is 2.82. The number of nitrogens with zero attached hydrogens (tertiary/aromatic N) is 3. The van der Waals surface area contributed by atoms with Crippen LogP contribution in [-0.4, -0.2) is 47.9 Å². The number of halogens is 2. The molecular formula is C31H32Cl2N4O. The SMILES string of the molecule is [C-]#[N+]c1cccc(-c2ccc3c(c2)CCN(CC(=O)Nc2cc(Cl)cc(Cl)c2)C32CCN(C(C)C)CC2)c1. The van der Waals surface area contributed by atoms with Gasteiger partial charge in [-0.25, -0.2) is 4.85 Å². The Morgan fingerprint density at radius 2 is 1.71 bits per heavy atom. The minimum absolute atomic E-state index is 0.0648. The number of hydrogen-bond acceptors (Lipinski definition) is 3. The van der Waals surface area contributed by atoms with Crippen LogP contribution in [0, 0.1) is 6.57 Å². The number of carbonyl (C=O) groups is 1. The summed E-state index contributed by atoms with van der Waals surface area (Å²) < 4.78 is 0. The first kappa shape index (κ1) is 26.7. The molecule has 1 N–H and O–H groups in total. The number of nitrogens with one attached hydrogen (secondary N) is 1. The van der Waals surface area contributed by atoms with E-state index in [1.165, 1.54) is 11.1 Å². The summed E-state index contributed by atoms with van der Waals surface area (Å²) in [6.45, 7) is 15.0. The molecule has 3 aromatic carbocycles. The number of piperidine rings is 1. The van der Waals surface area contributed by atoms with Gasteiger partial charge in [-0.05, 0) is 79.6 Å². The lowest BCUT2D eigenvalue weighted by Gasteiger charge is -2.53. The highest BCUT2D eigenvalue weighted by Gasteiger charge is 2.45. The average molecular weight is 548 g/mol. The number of fused-ring (bicyclic) bond motifs is 2. The summed E-state index contributed by atoms with van der Waals surface area (Å²) in [5, 5.41) is 3.99. The molecule has 0 aliphatic carbocycles. The molecule has 1 amide bonds. The van der Waals surface area contributed by atoms with Crippen LogP contribution in [0.5, 0.6) is 0 Å². The molecule has 7 heteroatoms. The third-order valence-electron chi connectivity index (χ3n) is 8.01. The highest BCUT2D eigenvalue weighted by molar-refractivity contribution is 6.35. The molecule has 0 radical (unpaired) electrons. The number of rotatable bonds is 5. The van der Waals surface area contributed by atoms with Crippen LogP contribution in [0.15, 0.2) is 60.7 Å². The predicted molar refractivity (Wildman–Crippen MR) is 156 cm³/mol. The van der Waals surface area contributed by atoms with Crippen molar-refractivity contribution in [3.05, 3.63) is 93.3 Å². The molecule has 1 spiro atoms. The van der Waals surface area contributed by atoms with Gasteiger partial charge >= 0.3 is 0 Å². The van der Waals surface area contributed by atoms with Crippen LogP contribution in [0.25, 0.3) is 16.0 Å². The van der Waals surface area contributed by atoms with Gasteiger partial charge in [0.25, 0.3) is 0 Å². The number of amides is 1. The topological polar surface area (TPSA) is 39.9 Å². The number of benzene rings is 3. The van der Waals surface area contributed by atoms with Crippen molar-refractivity contribution in [1.29, 1.82) is 0 Å². The van der Waals surface area contributed by atoms with Crippen molar-refractivity contribution in [2.45, 2.75) is 44.7 Å². The Hall–Kier alpha value is -2.88. The molecule has 5 nitrogen and oxygen atoms in total. The zero-order valence-corrected chi connectivity index (χ0v) is 23.3. The third kappa shape index (κ3) is 5.46. The lowest BCUT2D eigenvalue weighted by atomic mass is 9.73. The fourth-order valence-corrected chi connectivity index (χ4v) is 6.58. The number of likely N-dealkylation sites (tertiary alicyclic amines) is 1. The van der Waals surface area contributed by atoms with Crippen molar-refractivity contribution in [1.82, 2.24) is 9.80 Å². The van der Waals surface area contributed by atoms with Gasteiger partial charge in [-0.15, -0.1) is 0 Å². The van der Waals surface area contributed by atoms with E-state index in [2.05, 4.69) is 58.1 Å². The summed E-state index contributed by atoms with van der Waals surface area (Å²) in [7, 11) is 0. The van der Waals surface area contributed by atoms with E-state index in [9.17, 15) is 4.79 Å². The van der Waals surface area contributed by atoms with E-state index >= 15 is 0 Å². The summed E-state index contributed by atoms with van der Waals surface area (Å²) in [5.74, 6) is -0.0648. The first-order chi connectivity index (χ1) is 18.3. The van der Waals surface area contributed by atoms with Gasteiger partial charge in [0.2, 0.25) is 5.91 Å². The molecule has 2 aliphatic rings. The van der Waals surface area contributed by atoms with Gasteiger partial charge in [0, 0.05) is 46.9 Å². The van der Waals surface area contributed by atoms with Crippen molar-refractivity contribution in [3.63, 3.8) is 0 Å². The molecule has 196 valence electrons. The van der Waals surface area contributed by atoms with Crippen LogP contribution >= 0.6 is 23.2 Å². The molecule has 1 fully saturated rings. The monoisotopic (exact) mass is 546 g/mol. The summed E-state index contributed by atoms with van der Waals surface area (Å²) in [6, 6.07) is 20.1. The van der Waals surface area contributed by atoms with Crippen LogP contribution < -0.4 is 5.32 Å². The molecule has 0 atom stereocenters. The molecule has 0 aromatic heterocycles. The van der Waals surface area contributed by atoms with Gasteiger partial charge in [-0.3, -0.25) is 9.69 Å². The van der Waals surface area contributed by atoms with E-state index in [4.69, 9.17) is 29.8 Å². The molecule has 3 aromatic rings. The van der Waals surface area contributed by atoms with Gasteiger partial charge in [-0.2, -0.15) is 0 Å². The van der Waals surface area contributed by atoms with E-state index in [1.807, 2.05) is 18.2 Å².